The lowest BCUT2D eigenvalue weighted by molar-refractivity contribution is -0.137. The van der Waals surface area contributed by atoms with Gasteiger partial charge in [-0.05, 0) is 24.3 Å². The number of alkyl halides is 3. The Hall–Kier alpha value is -1.78. The Labute approximate surface area is 89.3 Å². The van der Waals surface area contributed by atoms with E-state index in [0.29, 0.717) is 17.6 Å². The number of halogens is 3. The molecule has 5 heteroatoms. The molecule has 1 aliphatic rings. The van der Waals surface area contributed by atoms with E-state index in [1.54, 1.807) is 0 Å². The molecular weight excluding hydrogens is 221 g/mol. The number of hydrogen-bond acceptors (Lipinski definition) is 2. The number of carbonyl (C=O) groups excluding carboxylic acids is 1. The van der Waals surface area contributed by atoms with Crippen LogP contribution in [0.4, 0.5) is 13.2 Å². The van der Waals surface area contributed by atoms with Crippen molar-refractivity contribution in [2.75, 3.05) is 6.61 Å². The van der Waals surface area contributed by atoms with Crippen LogP contribution in [0.3, 0.4) is 0 Å². The summed E-state index contributed by atoms with van der Waals surface area (Å²) in [6.45, 7) is 0.0991. The summed E-state index contributed by atoms with van der Waals surface area (Å²) in [7, 11) is 0. The summed E-state index contributed by atoms with van der Waals surface area (Å²) in [4.78, 5) is 10.5. The highest BCUT2D eigenvalue weighted by Gasteiger charge is 2.31. The van der Waals surface area contributed by atoms with Crippen molar-refractivity contribution in [3.05, 3.63) is 34.9 Å². The van der Waals surface area contributed by atoms with Crippen LogP contribution in [-0.4, -0.2) is 12.9 Å². The summed E-state index contributed by atoms with van der Waals surface area (Å²) < 4.78 is 42.3. The van der Waals surface area contributed by atoms with Gasteiger partial charge in [0, 0.05) is 11.1 Å². The monoisotopic (exact) mass is 228 g/mol. The fourth-order valence-corrected chi connectivity index (χ4v) is 1.44. The Bertz CT molecular complexity index is 461. The van der Waals surface area contributed by atoms with Gasteiger partial charge >= 0.3 is 6.18 Å². The molecule has 0 bridgehead atoms. The van der Waals surface area contributed by atoms with Crippen LogP contribution >= 0.6 is 0 Å². The van der Waals surface area contributed by atoms with E-state index in [9.17, 15) is 18.0 Å². The van der Waals surface area contributed by atoms with E-state index >= 15 is 0 Å². The molecule has 84 valence electrons. The van der Waals surface area contributed by atoms with Crippen molar-refractivity contribution in [2.45, 2.75) is 6.18 Å². The fraction of sp³-hybridized carbons (Fsp3) is 0.182. The van der Waals surface area contributed by atoms with Gasteiger partial charge in [-0.15, -0.1) is 0 Å². The molecule has 16 heavy (non-hydrogen) atoms. The van der Waals surface area contributed by atoms with Gasteiger partial charge in [-0.25, -0.2) is 0 Å². The van der Waals surface area contributed by atoms with Gasteiger partial charge in [0.15, 0.2) is 0 Å². The molecule has 0 amide bonds. The zero-order valence-electron chi connectivity index (χ0n) is 8.04. The van der Waals surface area contributed by atoms with Gasteiger partial charge in [0.05, 0.1) is 5.56 Å². The molecule has 0 fully saturated rings. The van der Waals surface area contributed by atoms with Crippen molar-refractivity contribution in [2.24, 2.45) is 0 Å². The Kier molecular flexibility index (Phi) is 2.46. The van der Waals surface area contributed by atoms with Crippen LogP contribution in [0.25, 0.3) is 6.08 Å². The molecule has 0 aliphatic carbocycles. The molecule has 2 rings (SSSR count). The third-order valence-corrected chi connectivity index (χ3v) is 2.22. The Balaban J connectivity index is 2.47. The molecule has 0 saturated carbocycles. The number of rotatable bonds is 1. The van der Waals surface area contributed by atoms with Gasteiger partial charge in [-0.2, -0.15) is 13.2 Å². The largest absolute Gasteiger partial charge is 0.488 e. The first-order valence-corrected chi connectivity index (χ1v) is 4.50. The number of aldehydes is 1. The summed E-state index contributed by atoms with van der Waals surface area (Å²) >= 11 is 0. The van der Waals surface area contributed by atoms with Crippen molar-refractivity contribution in [3.8, 4) is 5.75 Å². The maximum absolute atomic E-state index is 12.4. The maximum Gasteiger partial charge on any atom is 0.416 e. The summed E-state index contributed by atoms with van der Waals surface area (Å²) in [5, 5.41) is 0. The Morgan fingerprint density at radius 3 is 2.69 bits per heavy atom. The van der Waals surface area contributed by atoms with E-state index in [0.717, 1.165) is 12.1 Å². The minimum atomic E-state index is -4.39. The summed E-state index contributed by atoms with van der Waals surface area (Å²) in [5.41, 5.74) is -0.145. The average Bonchev–Trinajstić information content (AvgIpc) is 2.26. The predicted molar refractivity (Wildman–Crippen MR) is 51.0 cm³/mol. The van der Waals surface area contributed by atoms with E-state index in [1.807, 2.05) is 0 Å². The molecule has 1 aromatic carbocycles. The van der Waals surface area contributed by atoms with Gasteiger partial charge in [-0.1, -0.05) is 0 Å². The Morgan fingerprint density at radius 1 is 1.31 bits per heavy atom. The third kappa shape index (κ3) is 1.93. The zero-order chi connectivity index (χ0) is 11.8. The van der Waals surface area contributed by atoms with Crippen molar-refractivity contribution in [3.63, 3.8) is 0 Å². The van der Waals surface area contributed by atoms with Crippen molar-refractivity contribution in [1.29, 1.82) is 0 Å². The van der Waals surface area contributed by atoms with Gasteiger partial charge in [0.1, 0.15) is 18.6 Å². The first kappa shape index (κ1) is 10.7. The number of benzene rings is 1. The molecule has 2 nitrogen and oxygen atoms in total. The van der Waals surface area contributed by atoms with Crippen LogP contribution < -0.4 is 4.74 Å². The topological polar surface area (TPSA) is 26.3 Å². The number of ether oxygens (including phenoxy) is 1. The lowest BCUT2D eigenvalue weighted by atomic mass is 10.0. The molecule has 1 aromatic rings. The minimum absolute atomic E-state index is 0.0991. The van der Waals surface area contributed by atoms with E-state index in [2.05, 4.69) is 0 Å². The SMILES string of the molecule is O=CC1=Cc2cc(C(F)(F)F)ccc2OC1. The number of hydrogen-bond donors (Lipinski definition) is 0. The lowest BCUT2D eigenvalue weighted by Gasteiger charge is -2.16. The average molecular weight is 228 g/mol. The highest BCUT2D eigenvalue weighted by Crippen LogP contribution is 2.34. The standard InChI is InChI=1S/C11H7F3O2/c12-11(13,14)9-1-2-10-8(4-9)3-7(5-15)6-16-10/h1-5H,6H2. The van der Waals surface area contributed by atoms with Crippen molar-refractivity contribution < 1.29 is 22.7 Å². The van der Waals surface area contributed by atoms with Crippen LogP contribution in [0.1, 0.15) is 11.1 Å². The molecule has 0 atom stereocenters. The summed E-state index contributed by atoms with van der Waals surface area (Å²) in [6, 6.07) is 3.19. The van der Waals surface area contributed by atoms with Crippen molar-refractivity contribution in [1.82, 2.24) is 0 Å². The highest BCUT2D eigenvalue weighted by molar-refractivity contribution is 5.84. The second-order valence-corrected chi connectivity index (χ2v) is 3.38. The summed E-state index contributed by atoms with van der Waals surface area (Å²) in [6.07, 6.45) is -2.41. The molecule has 0 spiro atoms. The van der Waals surface area contributed by atoms with Gasteiger partial charge in [-0.3, -0.25) is 4.79 Å². The number of fused-ring (bicyclic) bond motifs is 1. The first-order valence-electron chi connectivity index (χ1n) is 4.50. The number of carbonyl (C=O) groups is 1. The van der Waals surface area contributed by atoms with Gasteiger partial charge < -0.3 is 4.74 Å². The minimum Gasteiger partial charge on any atom is -0.488 e. The van der Waals surface area contributed by atoms with E-state index in [-0.39, 0.29) is 12.2 Å². The molecule has 1 aliphatic heterocycles. The van der Waals surface area contributed by atoms with Gasteiger partial charge in [0.2, 0.25) is 0 Å². The molecule has 1 heterocycles. The van der Waals surface area contributed by atoms with Crippen LogP contribution in [0.15, 0.2) is 23.8 Å². The first-order chi connectivity index (χ1) is 7.50. The predicted octanol–water partition coefficient (Wildman–Crippen LogP) is 2.68. The van der Waals surface area contributed by atoms with Crippen LogP contribution in [0, 0.1) is 0 Å². The lowest BCUT2D eigenvalue weighted by Crippen LogP contribution is -2.10. The zero-order valence-corrected chi connectivity index (χ0v) is 8.04. The molecule has 0 unspecified atom stereocenters. The molecule has 0 aromatic heterocycles. The molecule has 0 N–H and O–H groups in total. The molecular formula is C11H7F3O2. The fourth-order valence-electron chi connectivity index (χ4n) is 1.44. The van der Waals surface area contributed by atoms with E-state index < -0.39 is 11.7 Å². The second-order valence-electron chi connectivity index (χ2n) is 3.38. The van der Waals surface area contributed by atoms with Crippen molar-refractivity contribution >= 4 is 12.4 Å². The molecule has 0 saturated heterocycles. The molecule has 0 radical (unpaired) electrons. The summed E-state index contributed by atoms with van der Waals surface area (Å²) in [5.74, 6) is 0.360. The van der Waals surface area contributed by atoms with Crippen LogP contribution in [0.5, 0.6) is 5.75 Å². The van der Waals surface area contributed by atoms with E-state index in [1.165, 1.54) is 12.1 Å². The maximum atomic E-state index is 12.4. The van der Waals surface area contributed by atoms with Crippen LogP contribution in [0.2, 0.25) is 0 Å². The second kappa shape index (κ2) is 3.66. The smallest absolute Gasteiger partial charge is 0.416 e. The van der Waals surface area contributed by atoms with E-state index in [4.69, 9.17) is 4.74 Å². The third-order valence-electron chi connectivity index (χ3n) is 2.22. The normalized spacial score (nSPS) is 14.8. The van der Waals surface area contributed by atoms with Crippen LogP contribution in [-0.2, 0) is 11.0 Å². The van der Waals surface area contributed by atoms with Gasteiger partial charge in [0.25, 0.3) is 0 Å². The Morgan fingerprint density at radius 2 is 2.06 bits per heavy atom. The quantitative estimate of drug-likeness (QED) is 0.691. The highest BCUT2D eigenvalue weighted by atomic mass is 19.4.